The van der Waals surface area contributed by atoms with Gasteiger partial charge in [0.1, 0.15) is 36.4 Å². The molecule has 0 amide bonds. The molecule has 0 aliphatic carbocycles. The van der Waals surface area contributed by atoms with E-state index in [1.165, 1.54) is 24.9 Å². The van der Waals surface area contributed by atoms with Gasteiger partial charge in [-0.15, -0.1) is 0 Å². The molecule has 28 heavy (non-hydrogen) atoms. The van der Waals surface area contributed by atoms with E-state index >= 15 is 0 Å². The molecule has 148 valence electrons. The number of aryl methyl sites for hydroxylation is 1. The molecule has 0 saturated carbocycles. The summed E-state index contributed by atoms with van der Waals surface area (Å²) in [5.74, 6) is 3.75. The fourth-order valence-electron chi connectivity index (χ4n) is 2.56. The number of methoxy groups -OCH3 is 1. The molecular weight excluding hydrogens is 383 g/mol. The van der Waals surface area contributed by atoms with Crippen LogP contribution in [-0.2, 0) is 5.75 Å². The van der Waals surface area contributed by atoms with E-state index in [-0.39, 0.29) is 6.61 Å². The van der Waals surface area contributed by atoms with Crippen LogP contribution >= 0.6 is 11.8 Å². The molecule has 2 aromatic heterocycles. The molecule has 4 N–H and O–H groups in total. The number of halogens is 1. The van der Waals surface area contributed by atoms with E-state index < -0.39 is 6.67 Å². The van der Waals surface area contributed by atoms with Gasteiger partial charge in [-0.1, -0.05) is 11.8 Å². The Kier molecular flexibility index (Phi) is 6.25. The predicted molar refractivity (Wildman–Crippen MR) is 107 cm³/mol. The first-order valence-electron chi connectivity index (χ1n) is 8.49. The number of alkyl halides is 1. The van der Waals surface area contributed by atoms with E-state index in [4.69, 9.17) is 25.4 Å². The summed E-state index contributed by atoms with van der Waals surface area (Å²) in [6, 6.07) is 8.84. The van der Waals surface area contributed by atoms with Gasteiger partial charge in [0.05, 0.1) is 7.11 Å². The lowest BCUT2D eigenvalue weighted by Gasteiger charge is -2.10. The molecule has 3 rings (SSSR count). The van der Waals surface area contributed by atoms with Gasteiger partial charge in [-0.3, -0.25) is 0 Å². The molecule has 0 radical (unpaired) electrons. The van der Waals surface area contributed by atoms with Crippen LogP contribution in [0.4, 0.5) is 16.0 Å². The smallest absolute Gasteiger partial charge is 0.191 e. The maximum atomic E-state index is 12.3. The summed E-state index contributed by atoms with van der Waals surface area (Å²) in [4.78, 5) is 8.32. The van der Waals surface area contributed by atoms with Crippen molar-refractivity contribution in [3.8, 4) is 22.8 Å². The minimum Gasteiger partial charge on any atom is -0.493 e. The predicted octanol–water partition coefficient (Wildman–Crippen LogP) is 3.86. The van der Waals surface area contributed by atoms with Crippen molar-refractivity contribution in [2.45, 2.75) is 17.8 Å². The summed E-state index contributed by atoms with van der Waals surface area (Å²) in [6.07, 6.45) is 0. The second kappa shape index (κ2) is 8.83. The second-order valence-electron chi connectivity index (χ2n) is 5.88. The van der Waals surface area contributed by atoms with Gasteiger partial charge >= 0.3 is 0 Å². The highest BCUT2D eigenvalue weighted by Gasteiger charge is 2.14. The standard InChI is InChI=1S/C19H21FN4O3S/c1-11-13(10-28-19-23-17(21)9-18(22)24-19)8-15(27-11)12-3-4-14(26-6-5-20)16(7-12)25-2/h3-4,7-9H,5-6,10H2,1-2H3,(H4,21,22,23,24). The Morgan fingerprint density at radius 3 is 2.54 bits per heavy atom. The van der Waals surface area contributed by atoms with Gasteiger partial charge in [-0.05, 0) is 31.2 Å². The summed E-state index contributed by atoms with van der Waals surface area (Å²) >= 11 is 1.42. The summed E-state index contributed by atoms with van der Waals surface area (Å²) in [6.45, 7) is 1.31. The van der Waals surface area contributed by atoms with Gasteiger partial charge in [-0.25, -0.2) is 14.4 Å². The van der Waals surface area contributed by atoms with E-state index in [1.807, 2.05) is 19.1 Å². The minimum absolute atomic E-state index is 0.0203. The Hall–Kier alpha value is -2.94. The molecule has 1 aromatic carbocycles. The molecule has 0 atom stereocenters. The van der Waals surface area contributed by atoms with Crippen LogP contribution in [0.2, 0.25) is 0 Å². The van der Waals surface area contributed by atoms with Crippen molar-refractivity contribution >= 4 is 23.4 Å². The Morgan fingerprint density at radius 1 is 1.11 bits per heavy atom. The summed E-state index contributed by atoms with van der Waals surface area (Å²) < 4.78 is 28.9. The lowest BCUT2D eigenvalue weighted by Crippen LogP contribution is -2.00. The zero-order valence-electron chi connectivity index (χ0n) is 15.6. The number of nitrogens with zero attached hydrogens (tertiary/aromatic N) is 2. The number of thioether (sulfide) groups is 1. The zero-order chi connectivity index (χ0) is 20.1. The van der Waals surface area contributed by atoms with Crippen LogP contribution in [0, 0.1) is 6.92 Å². The Morgan fingerprint density at radius 2 is 1.86 bits per heavy atom. The Balaban J connectivity index is 1.77. The number of hydrogen-bond donors (Lipinski definition) is 2. The molecule has 0 aliphatic heterocycles. The van der Waals surface area contributed by atoms with Crippen molar-refractivity contribution in [3.05, 3.63) is 41.7 Å². The quantitative estimate of drug-likeness (QED) is 0.430. The third-order valence-corrected chi connectivity index (χ3v) is 4.80. The zero-order valence-corrected chi connectivity index (χ0v) is 16.4. The van der Waals surface area contributed by atoms with Gasteiger partial charge in [-0.2, -0.15) is 0 Å². The molecule has 0 spiro atoms. The van der Waals surface area contributed by atoms with Gasteiger partial charge in [0.15, 0.2) is 16.7 Å². The number of aromatic nitrogens is 2. The van der Waals surface area contributed by atoms with Gasteiger partial charge < -0.3 is 25.4 Å². The molecule has 0 fully saturated rings. The monoisotopic (exact) mass is 404 g/mol. The molecule has 2 heterocycles. The van der Waals surface area contributed by atoms with Gasteiger partial charge in [0, 0.05) is 22.9 Å². The molecule has 0 unspecified atom stereocenters. The van der Waals surface area contributed by atoms with E-state index in [2.05, 4.69) is 9.97 Å². The summed E-state index contributed by atoms with van der Waals surface area (Å²) in [5, 5.41) is 0.510. The van der Waals surface area contributed by atoms with Crippen molar-refractivity contribution in [2.24, 2.45) is 0 Å². The third-order valence-electron chi connectivity index (χ3n) is 3.91. The third kappa shape index (κ3) is 4.66. The lowest BCUT2D eigenvalue weighted by atomic mass is 10.1. The lowest BCUT2D eigenvalue weighted by molar-refractivity contribution is 0.260. The van der Waals surface area contributed by atoms with Crippen LogP contribution in [-0.4, -0.2) is 30.4 Å². The number of furan rings is 1. The average Bonchev–Trinajstić information content (AvgIpc) is 3.04. The van der Waals surface area contributed by atoms with Crippen molar-refractivity contribution in [1.82, 2.24) is 9.97 Å². The first-order valence-corrected chi connectivity index (χ1v) is 9.48. The number of anilines is 2. The minimum atomic E-state index is -0.564. The number of ether oxygens (including phenoxy) is 2. The van der Waals surface area contributed by atoms with Crippen LogP contribution in [0.1, 0.15) is 11.3 Å². The maximum Gasteiger partial charge on any atom is 0.191 e. The highest BCUT2D eigenvalue weighted by molar-refractivity contribution is 7.98. The Labute approximate surface area is 166 Å². The molecule has 9 heteroatoms. The van der Waals surface area contributed by atoms with Crippen LogP contribution in [0.15, 0.2) is 39.9 Å². The van der Waals surface area contributed by atoms with E-state index in [0.717, 1.165) is 16.9 Å². The highest BCUT2D eigenvalue weighted by atomic mass is 32.2. The number of nitrogens with two attached hydrogens (primary N) is 2. The van der Waals surface area contributed by atoms with Crippen molar-refractivity contribution < 1.29 is 18.3 Å². The second-order valence-corrected chi connectivity index (χ2v) is 6.83. The molecule has 0 saturated heterocycles. The summed E-state index contributed by atoms with van der Waals surface area (Å²) in [5.41, 5.74) is 13.2. The first-order chi connectivity index (χ1) is 13.5. The van der Waals surface area contributed by atoms with E-state index in [1.54, 1.807) is 12.1 Å². The Bertz CT molecular complexity index is 944. The largest absolute Gasteiger partial charge is 0.493 e. The normalized spacial score (nSPS) is 10.8. The fraction of sp³-hybridized carbons (Fsp3) is 0.263. The fourth-order valence-corrected chi connectivity index (χ4v) is 3.47. The highest BCUT2D eigenvalue weighted by Crippen LogP contribution is 2.35. The summed E-state index contributed by atoms with van der Waals surface area (Å²) in [7, 11) is 1.54. The number of rotatable bonds is 8. The maximum absolute atomic E-state index is 12.3. The van der Waals surface area contributed by atoms with Crippen LogP contribution in [0.5, 0.6) is 11.5 Å². The van der Waals surface area contributed by atoms with E-state index in [9.17, 15) is 4.39 Å². The van der Waals surface area contributed by atoms with Crippen LogP contribution < -0.4 is 20.9 Å². The SMILES string of the molecule is COc1cc(-c2cc(CSc3nc(N)cc(N)n3)c(C)o2)ccc1OCCF. The molecular formula is C19H21FN4O3S. The number of benzene rings is 1. The van der Waals surface area contributed by atoms with Crippen molar-refractivity contribution in [1.29, 1.82) is 0 Å². The molecule has 0 bridgehead atoms. The van der Waals surface area contributed by atoms with Crippen LogP contribution in [0.3, 0.4) is 0 Å². The topological polar surface area (TPSA) is 109 Å². The van der Waals surface area contributed by atoms with Crippen LogP contribution in [0.25, 0.3) is 11.3 Å². The molecule has 0 aliphatic rings. The molecule has 3 aromatic rings. The van der Waals surface area contributed by atoms with Crippen molar-refractivity contribution in [2.75, 3.05) is 31.9 Å². The average molecular weight is 404 g/mol. The van der Waals surface area contributed by atoms with Crippen molar-refractivity contribution in [3.63, 3.8) is 0 Å². The van der Waals surface area contributed by atoms with E-state index in [0.29, 0.717) is 39.8 Å². The molecule has 7 nitrogen and oxygen atoms in total. The first kappa shape index (κ1) is 19.8. The van der Waals surface area contributed by atoms with Gasteiger partial charge in [0.2, 0.25) is 0 Å². The number of hydrogen-bond acceptors (Lipinski definition) is 8. The number of nitrogen functional groups attached to an aromatic ring is 2. The van der Waals surface area contributed by atoms with Gasteiger partial charge in [0.25, 0.3) is 0 Å².